The molecule has 0 radical (unpaired) electrons. The number of ether oxygens (including phenoxy) is 1. The van der Waals surface area contributed by atoms with E-state index in [2.05, 4.69) is 15.4 Å². The highest BCUT2D eigenvalue weighted by Crippen LogP contribution is 2.25. The summed E-state index contributed by atoms with van der Waals surface area (Å²) in [5.74, 6) is 0.539. The maximum absolute atomic E-state index is 13.0. The van der Waals surface area contributed by atoms with Crippen molar-refractivity contribution in [3.05, 3.63) is 95.9 Å². The molecule has 0 bridgehead atoms. The van der Waals surface area contributed by atoms with Gasteiger partial charge in [-0.25, -0.2) is 9.50 Å². The molecule has 1 unspecified atom stereocenters. The van der Waals surface area contributed by atoms with Gasteiger partial charge in [0.1, 0.15) is 11.3 Å². The van der Waals surface area contributed by atoms with Gasteiger partial charge in [0.15, 0.2) is 5.65 Å². The molecule has 2 heterocycles. The first-order valence-electron chi connectivity index (χ1n) is 8.54. The Balaban J connectivity index is 1.69. The van der Waals surface area contributed by atoms with E-state index in [4.69, 9.17) is 4.74 Å². The number of aromatic nitrogens is 3. The topological polar surface area (TPSA) is 68.5 Å². The average Bonchev–Trinajstić information content (AvgIpc) is 3.17. The van der Waals surface area contributed by atoms with Gasteiger partial charge in [-0.05, 0) is 29.3 Å². The highest BCUT2D eigenvalue weighted by Gasteiger charge is 2.20. The normalized spacial score (nSPS) is 11.9. The molecule has 2 aromatic heterocycles. The molecule has 0 spiro atoms. The molecule has 6 nitrogen and oxygen atoms in total. The maximum Gasteiger partial charge on any atom is 0.257 e. The third-order valence-corrected chi connectivity index (χ3v) is 4.38. The van der Waals surface area contributed by atoms with Crippen LogP contribution in [0, 0.1) is 0 Å². The van der Waals surface area contributed by atoms with Crippen molar-refractivity contribution in [2.75, 3.05) is 7.11 Å². The zero-order chi connectivity index (χ0) is 18.6. The summed E-state index contributed by atoms with van der Waals surface area (Å²) in [7, 11) is 1.63. The van der Waals surface area contributed by atoms with E-state index in [1.807, 2.05) is 54.6 Å². The van der Waals surface area contributed by atoms with E-state index in [1.165, 1.54) is 6.20 Å². The molecule has 0 aliphatic carbocycles. The van der Waals surface area contributed by atoms with E-state index in [-0.39, 0.29) is 11.9 Å². The molecule has 1 amide bonds. The molecule has 0 fully saturated rings. The van der Waals surface area contributed by atoms with Gasteiger partial charge >= 0.3 is 0 Å². The Hall–Kier alpha value is -3.67. The highest BCUT2D eigenvalue weighted by molar-refractivity contribution is 6.00. The van der Waals surface area contributed by atoms with Crippen LogP contribution in [-0.4, -0.2) is 27.6 Å². The molecule has 0 saturated heterocycles. The Kier molecular flexibility index (Phi) is 4.53. The van der Waals surface area contributed by atoms with Crippen LogP contribution < -0.4 is 10.1 Å². The Morgan fingerprint density at radius 3 is 2.52 bits per heavy atom. The highest BCUT2D eigenvalue weighted by atomic mass is 16.5. The minimum absolute atomic E-state index is 0.228. The Bertz CT molecular complexity index is 1060. The Labute approximate surface area is 156 Å². The molecule has 134 valence electrons. The zero-order valence-electron chi connectivity index (χ0n) is 14.7. The maximum atomic E-state index is 13.0. The number of carbonyl (C=O) groups excluding carboxylic acids is 1. The van der Waals surface area contributed by atoms with Gasteiger partial charge in [-0.2, -0.15) is 5.10 Å². The summed E-state index contributed by atoms with van der Waals surface area (Å²) >= 11 is 0. The second-order valence-corrected chi connectivity index (χ2v) is 6.04. The Morgan fingerprint density at radius 1 is 1.04 bits per heavy atom. The van der Waals surface area contributed by atoms with Crippen LogP contribution in [0.5, 0.6) is 5.75 Å². The fourth-order valence-electron chi connectivity index (χ4n) is 3.00. The second kappa shape index (κ2) is 7.29. The summed E-state index contributed by atoms with van der Waals surface area (Å²) < 4.78 is 6.82. The van der Waals surface area contributed by atoms with Crippen molar-refractivity contribution in [3.63, 3.8) is 0 Å². The smallest absolute Gasteiger partial charge is 0.257 e. The number of hydrogen-bond acceptors (Lipinski definition) is 4. The second-order valence-electron chi connectivity index (χ2n) is 6.04. The Morgan fingerprint density at radius 2 is 1.78 bits per heavy atom. The van der Waals surface area contributed by atoms with Gasteiger partial charge < -0.3 is 10.1 Å². The predicted octanol–water partition coefficient (Wildman–Crippen LogP) is 3.26. The number of fused-ring (bicyclic) bond motifs is 1. The van der Waals surface area contributed by atoms with Crippen LogP contribution in [-0.2, 0) is 0 Å². The number of hydrogen-bond donors (Lipinski definition) is 1. The predicted molar refractivity (Wildman–Crippen MR) is 102 cm³/mol. The van der Waals surface area contributed by atoms with Gasteiger partial charge in [0.25, 0.3) is 5.91 Å². The largest absolute Gasteiger partial charge is 0.497 e. The molecule has 0 saturated carbocycles. The van der Waals surface area contributed by atoms with Crippen LogP contribution in [0.4, 0.5) is 0 Å². The van der Waals surface area contributed by atoms with Gasteiger partial charge in [-0.1, -0.05) is 42.5 Å². The molecular weight excluding hydrogens is 340 g/mol. The summed E-state index contributed by atoms with van der Waals surface area (Å²) in [6, 6.07) is 19.0. The fourth-order valence-corrected chi connectivity index (χ4v) is 3.00. The van der Waals surface area contributed by atoms with Crippen LogP contribution >= 0.6 is 0 Å². The van der Waals surface area contributed by atoms with E-state index >= 15 is 0 Å². The third kappa shape index (κ3) is 3.37. The van der Waals surface area contributed by atoms with E-state index in [1.54, 1.807) is 30.1 Å². The number of methoxy groups -OCH3 is 1. The lowest BCUT2D eigenvalue weighted by Gasteiger charge is -2.20. The number of amides is 1. The zero-order valence-corrected chi connectivity index (χ0v) is 14.7. The molecular formula is C21H18N4O2. The van der Waals surface area contributed by atoms with Crippen molar-refractivity contribution in [2.45, 2.75) is 6.04 Å². The van der Waals surface area contributed by atoms with Crippen LogP contribution in [0.15, 0.2) is 79.3 Å². The summed E-state index contributed by atoms with van der Waals surface area (Å²) in [5, 5.41) is 7.30. The number of benzene rings is 2. The SMILES string of the molecule is COc1ccc(C(NC(=O)c2cnn3cccnc23)c2ccccc2)cc1. The fraction of sp³-hybridized carbons (Fsp3) is 0.0952. The number of nitrogens with one attached hydrogen (secondary N) is 1. The average molecular weight is 358 g/mol. The van der Waals surface area contributed by atoms with E-state index in [9.17, 15) is 4.79 Å². The minimum atomic E-state index is -0.303. The van der Waals surface area contributed by atoms with Gasteiger partial charge in [0, 0.05) is 12.4 Å². The van der Waals surface area contributed by atoms with E-state index < -0.39 is 0 Å². The lowest BCUT2D eigenvalue weighted by Crippen LogP contribution is -2.29. The molecule has 4 aromatic rings. The van der Waals surface area contributed by atoms with Crippen molar-refractivity contribution < 1.29 is 9.53 Å². The summed E-state index contributed by atoms with van der Waals surface area (Å²) in [6.07, 6.45) is 4.94. The van der Waals surface area contributed by atoms with Gasteiger partial charge in [-0.15, -0.1) is 0 Å². The molecule has 0 aliphatic heterocycles. The van der Waals surface area contributed by atoms with Crippen LogP contribution in [0.25, 0.3) is 5.65 Å². The molecule has 0 aliphatic rings. The van der Waals surface area contributed by atoms with Crippen LogP contribution in [0.2, 0.25) is 0 Å². The van der Waals surface area contributed by atoms with Crippen LogP contribution in [0.3, 0.4) is 0 Å². The molecule has 4 rings (SSSR count). The number of carbonyl (C=O) groups is 1. The lowest BCUT2D eigenvalue weighted by atomic mass is 9.98. The standard InChI is InChI=1S/C21H18N4O2/c1-27-17-10-8-16(9-11-17)19(15-6-3-2-4-7-15)24-21(26)18-14-23-25-13-5-12-22-20(18)25/h2-14,19H,1H3,(H,24,26). The molecule has 1 atom stereocenters. The summed E-state index contributed by atoms with van der Waals surface area (Å²) in [6.45, 7) is 0. The summed E-state index contributed by atoms with van der Waals surface area (Å²) in [5.41, 5.74) is 2.90. The van der Waals surface area contributed by atoms with Crippen molar-refractivity contribution in [1.82, 2.24) is 19.9 Å². The molecule has 2 aromatic carbocycles. The van der Waals surface area contributed by atoms with Crippen molar-refractivity contribution >= 4 is 11.6 Å². The van der Waals surface area contributed by atoms with Gasteiger partial charge in [0.05, 0.1) is 19.3 Å². The van der Waals surface area contributed by atoms with Gasteiger partial charge in [-0.3, -0.25) is 4.79 Å². The minimum Gasteiger partial charge on any atom is -0.497 e. The number of rotatable bonds is 5. The van der Waals surface area contributed by atoms with Crippen molar-refractivity contribution in [2.24, 2.45) is 0 Å². The first-order chi connectivity index (χ1) is 13.3. The number of nitrogens with zero attached hydrogens (tertiary/aromatic N) is 3. The quantitative estimate of drug-likeness (QED) is 0.595. The summed E-state index contributed by atoms with van der Waals surface area (Å²) in [4.78, 5) is 17.2. The van der Waals surface area contributed by atoms with E-state index in [0.29, 0.717) is 11.2 Å². The molecule has 6 heteroatoms. The molecule has 1 N–H and O–H groups in total. The van der Waals surface area contributed by atoms with Crippen molar-refractivity contribution in [3.8, 4) is 5.75 Å². The van der Waals surface area contributed by atoms with Crippen molar-refractivity contribution in [1.29, 1.82) is 0 Å². The first-order valence-corrected chi connectivity index (χ1v) is 8.54. The lowest BCUT2D eigenvalue weighted by molar-refractivity contribution is 0.0944. The molecule has 27 heavy (non-hydrogen) atoms. The first kappa shape index (κ1) is 16.8. The van der Waals surface area contributed by atoms with Crippen LogP contribution in [0.1, 0.15) is 27.5 Å². The van der Waals surface area contributed by atoms with E-state index in [0.717, 1.165) is 16.9 Å². The monoisotopic (exact) mass is 358 g/mol. The third-order valence-electron chi connectivity index (χ3n) is 4.38. The van der Waals surface area contributed by atoms with Gasteiger partial charge in [0.2, 0.25) is 0 Å².